The highest BCUT2D eigenvalue weighted by Gasteiger charge is 2.22. The van der Waals surface area contributed by atoms with Crippen LogP contribution in [0.1, 0.15) is 5.56 Å². The summed E-state index contributed by atoms with van der Waals surface area (Å²) in [4.78, 5) is 17.9. The molecule has 0 aliphatic rings. The number of hydrogen-bond acceptors (Lipinski definition) is 5. The van der Waals surface area contributed by atoms with Crippen LogP contribution in [0.5, 0.6) is 5.75 Å². The van der Waals surface area contributed by atoms with E-state index in [0.717, 1.165) is 23.9 Å². The zero-order valence-corrected chi connectivity index (χ0v) is 10.9. The molecule has 0 unspecified atom stereocenters. The standard InChI is InChI=1S/C12H7F2N3O2S/c1-20-12-16-10(5(4-15)11(19)17-12)8-7(18)3-2-6(13)9(8)14/h2-3,18H,1H3,(H,16,17,19). The van der Waals surface area contributed by atoms with E-state index in [9.17, 15) is 18.7 Å². The highest BCUT2D eigenvalue weighted by molar-refractivity contribution is 7.98. The van der Waals surface area contributed by atoms with E-state index in [1.807, 2.05) is 0 Å². The maximum Gasteiger partial charge on any atom is 0.270 e. The van der Waals surface area contributed by atoms with Gasteiger partial charge in [-0.25, -0.2) is 13.8 Å². The molecule has 0 saturated heterocycles. The van der Waals surface area contributed by atoms with Gasteiger partial charge in [0.15, 0.2) is 16.8 Å². The summed E-state index contributed by atoms with van der Waals surface area (Å²) in [6.07, 6.45) is 1.61. The number of hydrogen-bond donors (Lipinski definition) is 2. The molecule has 0 bridgehead atoms. The number of rotatable bonds is 2. The number of halogens is 2. The van der Waals surface area contributed by atoms with E-state index in [2.05, 4.69) is 9.97 Å². The number of nitrogens with zero attached hydrogens (tertiary/aromatic N) is 2. The predicted octanol–water partition coefficient (Wildman–Crippen LogP) is 2.01. The molecule has 1 aromatic carbocycles. The van der Waals surface area contributed by atoms with Crippen molar-refractivity contribution in [3.8, 4) is 23.1 Å². The first kappa shape index (κ1) is 14.0. The molecule has 8 heteroatoms. The van der Waals surface area contributed by atoms with Crippen LogP contribution in [0.3, 0.4) is 0 Å². The van der Waals surface area contributed by atoms with Crippen LogP contribution in [0.2, 0.25) is 0 Å². The summed E-state index contributed by atoms with van der Waals surface area (Å²) >= 11 is 1.05. The Bertz CT molecular complexity index is 783. The van der Waals surface area contributed by atoms with Gasteiger partial charge in [-0.15, -0.1) is 0 Å². The van der Waals surface area contributed by atoms with Gasteiger partial charge in [0.2, 0.25) is 0 Å². The maximum atomic E-state index is 13.8. The number of nitrogens with one attached hydrogen (secondary N) is 1. The number of aromatic amines is 1. The molecule has 0 aliphatic carbocycles. The van der Waals surface area contributed by atoms with Crippen molar-refractivity contribution in [2.75, 3.05) is 6.26 Å². The van der Waals surface area contributed by atoms with E-state index in [1.165, 1.54) is 0 Å². The second-order valence-electron chi connectivity index (χ2n) is 3.67. The van der Waals surface area contributed by atoms with Gasteiger partial charge in [0, 0.05) is 0 Å². The molecule has 1 aromatic heterocycles. The van der Waals surface area contributed by atoms with Crippen molar-refractivity contribution in [1.29, 1.82) is 5.26 Å². The molecule has 1 heterocycles. The zero-order chi connectivity index (χ0) is 14.9. The first-order chi connectivity index (χ1) is 9.49. The molecule has 0 fully saturated rings. The van der Waals surface area contributed by atoms with Gasteiger partial charge in [-0.3, -0.25) is 4.79 Å². The van der Waals surface area contributed by atoms with E-state index in [4.69, 9.17) is 5.26 Å². The van der Waals surface area contributed by atoms with Crippen molar-refractivity contribution in [3.05, 3.63) is 39.7 Å². The minimum absolute atomic E-state index is 0.118. The van der Waals surface area contributed by atoms with E-state index < -0.39 is 39.8 Å². The number of thioether (sulfide) groups is 1. The molecule has 0 amide bonds. The summed E-state index contributed by atoms with van der Waals surface area (Å²) in [5.41, 5.74) is -2.29. The topological polar surface area (TPSA) is 89.8 Å². The fourth-order valence-corrected chi connectivity index (χ4v) is 1.98. The number of aromatic nitrogens is 2. The van der Waals surface area contributed by atoms with Crippen LogP contribution in [-0.2, 0) is 0 Å². The average Bonchev–Trinajstić information content (AvgIpc) is 2.43. The number of phenols is 1. The van der Waals surface area contributed by atoms with E-state index in [0.29, 0.717) is 0 Å². The summed E-state index contributed by atoms with van der Waals surface area (Å²) in [6, 6.07) is 3.24. The van der Waals surface area contributed by atoms with Gasteiger partial charge in [-0.1, -0.05) is 11.8 Å². The van der Waals surface area contributed by atoms with Crippen molar-refractivity contribution in [3.63, 3.8) is 0 Å². The highest BCUT2D eigenvalue weighted by Crippen LogP contribution is 2.33. The lowest BCUT2D eigenvalue weighted by Crippen LogP contribution is -2.15. The maximum absolute atomic E-state index is 13.8. The van der Waals surface area contributed by atoms with Crippen molar-refractivity contribution in [2.24, 2.45) is 0 Å². The largest absolute Gasteiger partial charge is 0.507 e. The fraction of sp³-hybridized carbons (Fsp3) is 0.0833. The Balaban J connectivity index is 2.89. The molecule has 2 aromatic rings. The number of nitriles is 1. The third-order valence-electron chi connectivity index (χ3n) is 2.51. The molecular formula is C12H7F2N3O2S. The van der Waals surface area contributed by atoms with Crippen LogP contribution < -0.4 is 5.56 Å². The van der Waals surface area contributed by atoms with Gasteiger partial charge in [0.05, 0.1) is 5.56 Å². The SMILES string of the molecule is CSc1nc(-c2c(O)ccc(F)c2F)c(C#N)c(=O)[nH]1. The molecule has 2 rings (SSSR count). The van der Waals surface area contributed by atoms with Crippen molar-refractivity contribution < 1.29 is 13.9 Å². The fourth-order valence-electron chi connectivity index (χ4n) is 1.60. The van der Waals surface area contributed by atoms with Gasteiger partial charge >= 0.3 is 0 Å². The van der Waals surface area contributed by atoms with E-state index in [-0.39, 0.29) is 5.16 Å². The summed E-state index contributed by atoms with van der Waals surface area (Å²) in [7, 11) is 0. The Morgan fingerprint density at radius 3 is 2.75 bits per heavy atom. The Kier molecular flexibility index (Phi) is 3.72. The van der Waals surface area contributed by atoms with Crippen molar-refractivity contribution in [2.45, 2.75) is 5.16 Å². The lowest BCUT2D eigenvalue weighted by Gasteiger charge is -2.08. The number of aromatic hydroxyl groups is 1. The summed E-state index contributed by atoms with van der Waals surface area (Å²) < 4.78 is 27.1. The lowest BCUT2D eigenvalue weighted by molar-refractivity contribution is 0.458. The molecule has 0 atom stereocenters. The van der Waals surface area contributed by atoms with Gasteiger partial charge in [0.25, 0.3) is 5.56 Å². The quantitative estimate of drug-likeness (QED) is 0.653. The number of benzene rings is 1. The van der Waals surface area contributed by atoms with E-state index >= 15 is 0 Å². The molecule has 0 saturated carbocycles. The van der Waals surface area contributed by atoms with Gasteiger partial charge in [0.1, 0.15) is 23.1 Å². The van der Waals surface area contributed by atoms with Crippen LogP contribution >= 0.6 is 11.8 Å². The lowest BCUT2D eigenvalue weighted by atomic mass is 10.1. The number of phenolic OH excluding ortho intramolecular Hbond substituents is 1. The van der Waals surface area contributed by atoms with Gasteiger partial charge in [-0.05, 0) is 18.4 Å². The molecule has 0 radical (unpaired) electrons. The van der Waals surface area contributed by atoms with Crippen molar-refractivity contribution >= 4 is 11.8 Å². The first-order valence-corrected chi connectivity index (χ1v) is 6.47. The van der Waals surface area contributed by atoms with Crippen LogP contribution in [0.4, 0.5) is 8.78 Å². The second kappa shape index (κ2) is 5.30. The summed E-state index contributed by atoms with van der Waals surface area (Å²) in [5, 5.41) is 18.7. The Labute approximate surface area is 115 Å². The van der Waals surface area contributed by atoms with Crippen molar-refractivity contribution in [1.82, 2.24) is 9.97 Å². The summed E-state index contributed by atoms with van der Waals surface area (Å²) in [6.45, 7) is 0. The van der Waals surface area contributed by atoms with Crippen LogP contribution in [-0.4, -0.2) is 21.3 Å². The third kappa shape index (κ3) is 2.23. The minimum Gasteiger partial charge on any atom is -0.507 e. The van der Waals surface area contributed by atoms with Crippen LogP contribution in [0.25, 0.3) is 11.3 Å². The Morgan fingerprint density at radius 2 is 2.15 bits per heavy atom. The average molecular weight is 295 g/mol. The third-order valence-corrected chi connectivity index (χ3v) is 3.09. The molecule has 0 spiro atoms. The molecule has 102 valence electrons. The van der Waals surface area contributed by atoms with E-state index in [1.54, 1.807) is 12.3 Å². The molecule has 20 heavy (non-hydrogen) atoms. The van der Waals surface area contributed by atoms with Crippen LogP contribution in [0.15, 0.2) is 22.1 Å². The monoisotopic (exact) mass is 295 g/mol. The molecule has 5 nitrogen and oxygen atoms in total. The van der Waals surface area contributed by atoms with Gasteiger partial charge in [-0.2, -0.15) is 5.26 Å². The smallest absolute Gasteiger partial charge is 0.270 e. The number of H-pyrrole nitrogens is 1. The molecule has 0 aliphatic heterocycles. The highest BCUT2D eigenvalue weighted by atomic mass is 32.2. The molecule has 2 N–H and O–H groups in total. The Hall–Kier alpha value is -2.40. The zero-order valence-electron chi connectivity index (χ0n) is 10.1. The predicted molar refractivity (Wildman–Crippen MR) is 68.4 cm³/mol. The van der Waals surface area contributed by atoms with Gasteiger partial charge < -0.3 is 10.1 Å². The molecular weight excluding hydrogens is 288 g/mol. The first-order valence-electron chi connectivity index (χ1n) is 5.25. The minimum atomic E-state index is -1.37. The van der Waals surface area contributed by atoms with Crippen LogP contribution in [0, 0.1) is 23.0 Å². The Morgan fingerprint density at radius 1 is 1.45 bits per heavy atom. The second-order valence-corrected chi connectivity index (χ2v) is 4.46. The normalized spacial score (nSPS) is 10.3. The summed E-state index contributed by atoms with van der Waals surface area (Å²) in [5.74, 6) is -3.19.